The molecule has 1 spiro atoms. The van der Waals surface area contributed by atoms with Gasteiger partial charge in [-0.2, -0.15) is 0 Å². The molecule has 2 aromatic rings. The highest BCUT2D eigenvalue weighted by molar-refractivity contribution is 6.00. The van der Waals surface area contributed by atoms with E-state index in [1.54, 1.807) is 11.0 Å². The van der Waals surface area contributed by atoms with Crippen LogP contribution >= 0.6 is 0 Å². The number of hydrogen-bond acceptors (Lipinski definition) is 5. The number of carbonyl (C=O) groups is 2. The third-order valence-corrected chi connectivity index (χ3v) is 9.20. The van der Waals surface area contributed by atoms with E-state index in [4.69, 9.17) is 0 Å². The molecule has 2 saturated heterocycles. The van der Waals surface area contributed by atoms with E-state index in [0.717, 1.165) is 51.0 Å². The van der Waals surface area contributed by atoms with Crippen molar-refractivity contribution < 1.29 is 14.7 Å². The SMILES string of the molecule is CC1(C)CN(C[C@H](O)[C@H]2Cc3ccccc3CN2)C(=O)c2ccc(C(=O)N3CCC4(CCN4)CC3)cc21. The lowest BCUT2D eigenvalue weighted by Gasteiger charge is -2.49. The maximum atomic E-state index is 13.5. The second-order valence-electron chi connectivity index (χ2n) is 12.1. The summed E-state index contributed by atoms with van der Waals surface area (Å²) in [4.78, 5) is 30.6. The number of aliphatic hydroxyl groups is 1. The molecule has 3 N–H and O–H groups in total. The molecule has 6 rings (SSSR count). The van der Waals surface area contributed by atoms with Crippen LogP contribution in [0.25, 0.3) is 0 Å². The molecule has 2 aromatic carbocycles. The molecule has 4 aliphatic rings. The van der Waals surface area contributed by atoms with Crippen LogP contribution < -0.4 is 10.6 Å². The van der Waals surface area contributed by atoms with Gasteiger partial charge >= 0.3 is 0 Å². The average Bonchev–Trinajstić information content (AvgIpc) is 2.89. The topological polar surface area (TPSA) is 84.9 Å². The molecule has 0 saturated carbocycles. The van der Waals surface area contributed by atoms with Crippen molar-refractivity contribution in [3.8, 4) is 0 Å². The summed E-state index contributed by atoms with van der Waals surface area (Å²) in [6, 6.07) is 13.8. The maximum absolute atomic E-state index is 13.5. The lowest BCUT2D eigenvalue weighted by Crippen LogP contribution is -2.62. The average molecular weight is 503 g/mol. The van der Waals surface area contributed by atoms with Gasteiger partial charge in [-0.05, 0) is 67.1 Å². The first kappa shape index (κ1) is 24.6. The molecular weight excluding hydrogens is 464 g/mol. The molecule has 0 aromatic heterocycles. The monoisotopic (exact) mass is 502 g/mol. The number of piperidine rings is 1. The summed E-state index contributed by atoms with van der Waals surface area (Å²) >= 11 is 0. The summed E-state index contributed by atoms with van der Waals surface area (Å²) in [5.41, 5.74) is 4.68. The van der Waals surface area contributed by atoms with E-state index in [9.17, 15) is 14.7 Å². The molecule has 0 bridgehead atoms. The van der Waals surface area contributed by atoms with Gasteiger partial charge in [0, 0.05) is 60.8 Å². The number of rotatable bonds is 4. The normalized spacial score (nSPS) is 24.7. The molecule has 196 valence electrons. The molecule has 0 aliphatic carbocycles. The number of likely N-dealkylation sites (tertiary alicyclic amines) is 1. The van der Waals surface area contributed by atoms with Gasteiger partial charge in [0.25, 0.3) is 11.8 Å². The van der Waals surface area contributed by atoms with Crippen molar-refractivity contribution in [3.63, 3.8) is 0 Å². The van der Waals surface area contributed by atoms with Gasteiger partial charge in [-0.25, -0.2) is 0 Å². The number of hydrogen-bond donors (Lipinski definition) is 3. The summed E-state index contributed by atoms with van der Waals surface area (Å²) in [7, 11) is 0. The Labute approximate surface area is 219 Å². The zero-order chi connectivity index (χ0) is 25.8. The Hall–Kier alpha value is -2.74. The number of fused-ring (bicyclic) bond motifs is 2. The van der Waals surface area contributed by atoms with Crippen LogP contribution in [0.4, 0.5) is 0 Å². The largest absolute Gasteiger partial charge is 0.390 e. The molecule has 2 fully saturated rings. The fourth-order valence-corrected chi connectivity index (χ4v) is 6.71. The standard InChI is InChI=1S/C30H38N4O3/c1-29(2)19-34(18-26(35)25-16-20-5-3-4-6-22(20)17-31-25)28(37)23-8-7-21(15-24(23)29)27(36)33-13-10-30(11-14-33)9-12-32-30/h3-8,15,25-26,31-32,35H,9-14,16-19H2,1-2H3/t25-,26+/m1/s1. The van der Waals surface area contributed by atoms with E-state index >= 15 is 0 Å². The number of β-amino-alcohol motifs (C(OH)–C–C–N with tert-alkyl or cyclic N) is 1. The fourth-order valence-electron chi connectivity index (χ4n) is 6.71. The Morgan fingerprint density at radius 2 is 1.84 bits per heavy atom. The Bertz CT molecular complexity index is 1210. The highest BCUT2D eigenvalue weighted by atomic mass is 16.3. The number of carbonyl (C=O) groups excluding carboxylic acids is 2. The molecule has 0 unspecified atom stereocenters. The van der Waals surface area contributed by atoms with Gasteiger partial charge in [-0.3, -0.25) is 9.59 Å². The number of nitrogens with one attached hydrogen (secondary N) is 2. The highest BCUT2D eigenvalue weighted by Crippen LogP contribution is 2.36. The molecular formula is C30H38N4O3. The maximum Gasteiger partial charge on any atom is 0.254 e. The lowest BCUT2D eigenvalue weighted by molar-refractivity contribution is 0.0443. The van der Waals surface area contributed by atoms with Crippen molar-refractivity contribution in [2.45, 2.75) is 69.2 Å². The third-order valence-electron chi connectivity index (χ3n) is 9.20. The van der Waals surface area contributed by atoms with Crippen LogP contribution in [0.15, 0.2) is 42.5 Å². The number of amides is 2. The first-order valence-corrected chi connectivity index (χ1v) is 13.7. The summed E-state index contributed by atoms with van der Waals surface area (Å²) < 4.78 is 0. The molecule has 37 heavy (non-hydrogen) atoms. The van der Waals surface area contributed by atoms with Crippen LogP contribution in [0.2, 0.25) is 0 Å². The Morgan fingerprint density at radius 1 is 1.11 bits per heavy atom. The zero-order valence-corrected chi connectivity index (χ0v) is 21.9. The smallest absolute Gasteiger partial charge is 0.254 e. The van der Waals surface area contributed by atoms with Crippen LogP contribution in [-0.2, 0) is 18.4 Å². The van der Waals surface area contributed by atoms with E-state index in [-0.39, 0.29) is 35.4 Å². The van der Waals surface area contributed by atoms with Gasteiger partial charge in [-0.1, -0.05) is 38.1 Å². The van der Waals surface area contributed by atoms with Crippen molar-refractivity contribution in [2.24, 2.45) is 0 Å². The molecule has 7 nitrogen and oxygen atoms in total. The van der Waals surface area contributed by atoms with Crippen molar-refractivity contribution >= 4 is 11.8 Å². The molecule has 7 heteroatoms. The first-order chi connectivity index (χ1) is 17.7. The molecule has 2 amide bonds. The predicted octanol–water partition coefficient (Wildman–Crippen LogP) is 2.46. The van der Waals surface area contributed by atoms with Crippen LogP contribution in [0.1, 0.15) is 70.5 Å². The van der Waals surface area contributed by atoms with E-state index < -0.39 is 6.10 Å². The predicted molar refractivity (Wildman–Crippen MR) is 143 cm³/mol. The zero-order valence-electron chi connectivity index (χ0n) is 21.9. The van der Waals surface area contributed by atoms with Crippen molar-refractivity contribution in [3.05, 3.63) is 70.3 Å². The minimum absolute atomic E-state index is 0.0572. The van der Waals surface area contributed by atoms with Crippen molar-refractivity contribution in [2.75, 3.05) is 32.7 Å². The van der Waals surface area contributed by atoms with E-state index in [1.807, 2.05) is 29.2 Å². The lowest BCUT2D eigenvalue weighted by atomic mass is 9.76. The van der Waals surface area contributed by atoms with Crippen LogP contribution in [0.3, 0.4) is 0 Å². The van der Waals surface area contributed by atoms with E-state index in [1.165, 1.54) is 17.5 Å². The summed E-state index contributed by atoms with van der Waals surface area (Å²) in [5, 5.41) is 18.1. The van der Waals surface area contributed by atoms with Gasteiger partial charge < -0.3 is 25.5 Å². The molecule has 2 atom stereocenters. The molecule has 4 heterocycles. The van der Waals surface area contributed by atoms with Crippen LogP contribution in [-0.4, -0.2) is 77.1 Å². The van der Waals surface area contributed by atoms with Crippen molar-refractivity contribution in [1.29, 1.82) is 0 Å². The second-order valence-corrected chi connectivity index (χ2v) is 12.1. The summed E-state index contributed by atoms with van der Waals surface area (Å²) in [5.74, 6) is -0.0127. The number of aliphatic hydroxyl groups excluding tert-OH is 1. The Morgan fingerprint density at radius 3 is 2.54 bits per heavy atom. The summed E-state index contributed by atoms with van der Waals surface area (Å²) in [6.07, 6.45) is 3.31. The highest BCUT2D eigenvalue weighted by Gasteiger charge is 2.41. The van der Waals surface area contributed by atoms with Crippen molar-refractivity contribution in [1.82, 2.24) is 20.4 Å². The van der Waals surface area contributed by atoms with Gasteiger partial charge in [0.05, 0.1) is 6.10 Å². The number of benzene rings is 2. The first-order valence-electron chi connectivity index (χ1n) is 13.7. The summed E-state index contributed by atoms with van der Waals surface area (Å²) in [6.45, 7) is 8.39. The van der Waals surface area contributed by atoms with Gasteiger partial charge in [0.15, 0.2) is 0 Å². The molecule has 0 radical (unpaired) electrons. The minimum Gasteiger partial charge on any atom is -0.390 e. The Balaban J connectivity index is 1.15. The van der Waals surface area contributed by atoms with E-state index in [0.29, 0.717) is 17.7 Å². The van der Waals surface area contributed by atoms with Gasteiger partial charge in [0.2, 0.25) is 0 Å². The van der Waals surface area contributed by atoms with E-state index in [2.05, 4.69) is 36.6 Å². The molecule has 4 aliphatic heterocycles. The van der Waals surface area contributed by atoms with Crippen LogP contribution in [0, 0.1) is 0 Å². The Kier molecular flexibility index (Phi) is 6.13. The third kappa shape index (κ3) is 4.47. The quantitative estimate of drug-likeness (QED) is 0.598. The van der Waals surface area contributed by atoms with Gasteiger partial charge in [-0.15, -0.1) is 0 Å². The number of nitrogens with zero attached hydrogens (tertiary/aromatic N) is 2. The van der Waals surface area contributed by atoms with Gasteiger partial charge in [0.1, 0.15) is 0 Å². The fraction of sp³-hybridized carbons (Fsp3) is 0.533. The minimum atomic E-state index is -0.664. The second kappa shape index (κ2) is 9.22. The van der Waals surface area contributed by atoms with Crippen LogP contribution in [0.5, 0.6) is 0 Å².